The molecular weight excluding hydrogens is 303 g/mol. The largest absolute Gasteiger partial charge is 0.351 e. The second-order valence-electron chi connectivity index (χ2n) is 6.44. The minimum Gasteiger partial charge on any atom is -0.351 e. The molecule has 2 aromatic carbocycles. The summed E-state index contributed by atoms with van der Waals surface area (Å²) in [5.41, 5.74) is 3.40. The van der Waals surface area contributed by atoms with E-state index in [2.05, 4.69) is 10.2 Å². The van der Waals surface area contributed by atoms with Crippen molar-refractivity contribution in [3.8, 4) is 0 Å². The van der Waals surface area contributed by atoms with Crippen LogP contribution in [0.2, 0.25) is 0 Å². The van der Waals surface area contributed by atoms with Gasteiger partial charge in [-0.3, -0.25) is 9.69 Å². The maximum atomic E-state index is 13.1. The van der Waals surface area contributed by atoms with Crippen molar-refractivity contribution < 1.29 is 9.18 Å². The van der Waals surface area contributed by atoms with Crippen LogP contribution in [0, 0.1) is 12.7 Å². The molecule has 0 aliphatic carbocycles. The molecule has 3 rings (SSSR count). The van der Waals surface area contributed by atoms with Crippen LogP contribution in [-0.4, -0.2) is 23.9 Å². The number of aryl methyl sites for hydroxylation is 1. The highest BCUT2D eigenvalue weighted by Gasteiger charge is 2.27. The Balaban J connectivity index is 1.55. The molecule has 2 aromatic rings. The lowest BCUT2D eigenvalue weighted by Crippen LogP contribution is -2.36. The molecule has 0 bridgehead atoms. The molecule has 3 nitrogen and oxygen atoms in total. The van der Waals surface area contributed by atoms with E-state index in [0.717, 1.165) is 30.5 Å². The first-order chi connectivity index (χ1) is 11.6. The highest BCUT2D eigenvalue weighted by atomic mass is 19.1. The van der Waals surface area contributed by atoms with Gasteiger partial charge in [0.05, 0.1) is 6.54 Å². The van der Waals surface area contributed by atoms with Gasteiger partial charge in [0.15, 0.2) is 0 Å². The molecule has 1 aliphatic heterocycles. The lowest BCUT2D eigenvalue weighted by atomic mass is 10.0. The van der Waals surface area contributed by atoms with Crippen molar-refractivity contribution in [2.45, 2.75) is 32.4 Å². The Bertz CT molecular complexity index is 682. The number of benzene rings is 2. The maximum absolute atomic E-state index is 13.1. The van der Waals surface area contributed by atoms with E-state index in [1.807, 2.05) is 43.3 Å². The molecule has 0 radical (unpaired) electrons. The van der Waals surface area contributed by atoms with Gasteiger partial charge in [0.2, 0.25) is 5.91 Å². The van der Waals surface area contributed by atoms with Crippen molar-refractivity contribution in [2.75, 3.05) is 13.1 Å². The zero-order valence-electron chi connectivity index (χ0n) is 14.0. The molecule has 0 saturated carbocycles. The highest BCUT2D eigenvalue weighted by molar-refractivity contribution is 5.78. The topological polar surface area (TPSA) is 32.3 Å². The zero-order valence-corrected chi connectivity index (χ0v) is 14.0. The van der Waals surface area contributed by atoms with Crippen LogP contribution in [0.4, 0.5) is 4.39 Å². The third-order valence-electron chi connectivity index (χ3n) is 4.58. The molecule has 1 fully saturated rings. The molecule has 1 aliphatic rings. The van der Waals surface area contributed by atoms with E-state index in [0.29, 0.717) is 13.1 Å². The van der Waals surface area contributed by atoms with Crippen LogP contribution >= 0.6 is 0 Å². The lowest BCUT2D eigenvalue weighted by molar-refractivity contribution is -0.122. The molecule has 1 N–H and O–H groups in total. The van der Waals surface area contributed by atoms with Crippen LogP contribution in [0.1, 0.15) is 35.6 Å². The molecule has 4 heteroatoms. The predicted octanol–water partition coefficient (Wildman–Crippen LogP) is 3.59. The van der Waals surface area contributed by atoms with E-state index in [4.69, 9.17) is 0 Å². The van der Waals surface area contributed by atoms with Crippen LogP contribution in [-0.2, 0) is 11.3 Å². The quantitative estimate of drug-likeness (QED) is 0.911. The molecule has 0 spiro atoms. The second kappa shape index (κ2) is 7.58. The Labute approximate surface area is 142 Å². The molecule has 24 heavy (non-hydrogen) atoms. The number of hydrogen-bond acceptors (Lipinski definition) is 2. The van der Waals surface area contributed by atoms with E-state index in [1.54, 1.807) is 0 Å². The number of amides is 1. The lowest BCUT2D eigenvalue weighted by Gasteiger charge is -2.24. The van der Waals surface area contributed by atoms with Crippen molar-refractivity contribution in [3.05, 3.63) is 71.0 Å². The van der Waals surface area contributed by atoms with Crippen molar-refractivity contribution >= 4 is 5.91 Å². The predicted molar refractivity (Wildman–Crippen MR) is 93.0 cm³/mol. The van der Waals surface area contributed by atoms with E-state index < -0.39 is 0 Å². The average Bonchev–Trinajstić information content (AvgIpc) is 3.03. The summed E-state index contributed by atoms with van der Waals surface area (Å²) in [6.07, 6.45) is 2.07. The fourth-order valence-electron chi connectivity index (χ4n) is 3.22. The SMILES string of the molecule is Cc1ccc(CNC(=O)CN2CCCC2c2ccc(F)cc2)cc1. The van der Waals surface area contributed by atoms with Gasteiger partial charge >= 0.3 is 0 Å². The van der Waals surface area contributed by atoms with Gasteiger partial charge in [-0.25, -0.2) is 4.39 Å². The summed E-state index contributed by atoms with van der Waals surface area (Å²) in [4.78, 5) is 14.4. The molecule has 1 unspecified atom stereocenters. The Morgan fingerprint density at radius 2 is 1.88 bits per heavy atom. The standard InChI is InChI=1S/C20H23FN2O/c1-15-4-6-16(7-5-15)13-22-20(24)14-23-12-2-3-19(23)17-8-10-18(21)11-9-17/h4-11,19H,2-3,12-14H2,1H3,(H,22,24). The normalized spacial score (nSPS) is 17.8. The third kappa shape index (κ3) is 4.20. The molecule has 1 saturated heterocycles. The van der Waals surface area contributed by atoms with Crippen molar-refractivity contribution in [3.63, 3.8) is 0 Å². The van der Waals surface area contributed by atoms with Gasteiger partial charge in [0.1, 0.15) is 5.82 Å². The first kappa shape index (κ1) is 16.7. The average molecular weight is 326 g/mol. The smallest absolute Gasteiger partial charge is 0.234 e. The summed E-state index contributed by atoms with van der Waals surface area (Å²) >= 11 is 0. The number of carbonyl (C=O) groups is 1. The van der Waals surface area contributed by atoms with Gasteiger partial charge in [-0.15, -0.1) is 0 Å². The minimum absolute atomic E-state index is 0.0320. The van der Waals surface area contributed by atoms with Crippen molar-refractivity contribution in [1.82, 2.24) is 10.2 Å². The first-order valence-electron chi connectivity index (χ1n) is 8.43. The summed E-state index contributed by atoms with van der Waals surface area (Å²) < 4.78 is 13.1. The van der Waals surface area contributed by atoms with Gasteiger partial charge in [0, 0.05) is 12.6 Å². The van der Waals surface area contributed by atoms with E-state index in [9.17, 15) is 9.18 Å². The summed E-state index contributed by atoms with van der Waals surface area (Å²) in [5, 5.41) is 2.99. The Hall–Kier alpha value is -2.20. The monoisotopic (exact) mass is 326 g/mol. The summed E-state index contributed by atoms with van der Waals surface area (Å²) in [7, 11) is 0. The van der Waals surface area contributed by atoms with Crippen LogP contribution in [0.25, 0.3) is 0 Å². The van der Waals surface area contributed by atoms with E-state index in [1.165, 1.54) is 17.7 Å². The zero-order chi connectivity index (χ0) is 16.9. The molecule has 126 valence electrons. The third-order valence-corrected chi connectivity index (χ3v) is 4.58. The Kier molecular flexibility index (Phi) is 5.26. The maximum Gasteiger partial charge on any atom is 0.234 e. The molecule has 1 heterocycles. The van der Waals surface area contributed by atoms with Crippen LogP contribution in [0.5, 0.6) is 0 Å². The van der Waals surface area contributed by atoms with Crippen LogP contribution < -0.4 is 5.32 Å². The highest BCUT2D eigenvalue weighted by Crippen LogP contribution is 2.31. The number of rotatable bonds is 5. The summed E-state index contributed by atoms with van der Waals surface area (Å²) in [6, 6.07) is 15.0. The Morgan fingerprint density at radius 1 is 1.17 bits per heavy atom. The van der Waals surface area contributed by atoms with Crippen molar-refractivity contribution in [1.29, 1.82) is 0 Å². The van der Waals surface area contributed by atoms with E-state index in [-0.39, 0.29) is 17.8 Å². The summed E-state index contributed by atoms with van der Waals surface area (Å²) in [5.74, 6) is -0.191. The number of carbonyl (C=O) groups excluding carboxylic acids is 1. The van der Waals surface area contributed by atoms with Crippen LogP contribution in [0.3, 0.4) is 0 Å². The van der Waals surface area contributed by atoms with Gasteiger partial charge in [-0.2, -0.15) is 0 Å². The molecule has 1 amide bonds. The van der Waals surface area contributed by atoms with Gasteiger partial charge in [0.25, 0.3) is 0 Å². The summed E-state index contributed by atoms with van der Waals surface area (Å²) in [6.45, 7) is 3.88. The molecule has 0 aromatic heterocycles. The fourth-order valence-corrected chi connectivity index (χ4v) is 3.22. The van der Waals surface area contributed by atoms with Crippen molar-refractivity contribution in [2.24, 2.45) is 0 Å². The van der Waals surface area contributed by atoms with Gasteiger partial charge in [-0.1, -0.05) is 42.0 Å². The molecular formula is C20H23FN2O. The number of halogens is 1. The van der Waals surface area contributed by atoms with Gasteiger partial charge < -0.3 is 5.32 Å². The second-order valence-corrected chi connectivity index (χ2v) is 6.44. The Morgan fingerprint density at radius 3 is 2.58 bits per heavy atom. The minimum atomic E-state index is -0.223. The fraction of sp³-hybridized carbons (Fsp3) is 0.350. The number of likely N-dealkylation sites (tertiary alicyclic amines) is 1. The number of hydrogen-bond donors (Lipinski definition) is 1. The van der Waals surface area contributed by atoms with Gasteiger partial charge in [-0.05, 0) is 49.6 Å². The number of nitrogens with zero attached hydrogens (tertiary/aromatic N) is 1. The van der Waals surface area contributed by atoms with E-state index >= 15 is 0 Å². The molecule has 1 atom stereocenters. The number of nitrogens with one attached hydrogen (secondary N) is 1. The van der Waals surface area contributed by atoms with Crippen LogP contribution in [0.15, 0.2) is 48.5 Å². The first-order valence-corrected chi connectivity index (χ1v) is 8.43.